The monoisotopic (exact) mass is 313 g/mol. The molecule has 0 amide bonds. The standard InChI is InChI=1S/C15H24BrNO/c1-4-5-6-8-12(2)17-15-10-7-9-14(16)13(15)11-18-3/h7,9-10,12,17H,4-6,8,11H2,1-3H3. The maximum atomic E-state index is 5.26. The first kappa shape index (κ1) is 15.5. The molecule has 0 bridgehead atoms. The van der Waals surface area contributed by atoms with Crippen molar-refractivity contribution in [1.82, 2.24) is 0 Å². The van der Waals surface area contributed by atoms with Gasteiger partial charge in [0, 0.05) is 28.9 Å². The van der Waals surface area contributed by atoms with Crippen LogP contribution in [0.25, 0.3) is 0 Å². The van der Waals surface area contributed by atoms with Crippen LogP contribution < -0.4 is 5.32 Å². The molecule has 1 rings (SSSR count). The summed E-state index contributed by atoms with van der Waals surface area (Å²) in [6.45, 7) is 5.11. The summed E-state index contributed by atoms with van der Waals surface area (Å²) in [5.74, 6) is 0. The van der Waals surface area contributed by atoms with Crippen LogP contribution in [0.15, 0.2) is 22.7 Å². The number of methoxy groups -OCH3 is 1. The average Bonchev–Trinajstić information content (AvgIpc) is 2.34. The summed E-state index contributed by atoms with van der Waals surface area (Å²) in [4.78, 5) is 0. The highest BCUT2D eigenvalue weighted by Gasteiger charge is 2.09. The van der Waals surface area contributed by atoms with E-state index in [-0.39, 0.29) is 0 Å². The molecule has 1 aromatic rings. The van der Waals surface area contributed by atoms with Gasteiger partial charge in [0.1, 0.15) is 0 Å². The fraction of sp³-hybridized carbons (Fsp3) is 0.600. The van der Waals surface area contributed by atoms with Crippen LogP contribution in [0, 0.1) is 0 Å². The van der Waals surface area contributed by atoms with E-state index in [0.29, 0.717) is 12.6 Å². The number of rotatable bonds is 8. The Labute approximate surface area is 119 Å². The Balaban J connectivity index is 2.62. The molecule has 0 aliphatic carbocycles. The van der Waals surface area contributed by atoms with E-state index in [0.717, 1.165) is 4.47 Å². The number of benzene rings is 1. The lowest BCUT2D eigenvalue weighted by Gasteiger charge is -2.18. The van der Waals surface area contributed by atoms with E-state index in [4.69, 9.17) is 4.74 Å². The van der Waals surface area contributed by atoms with E-state index >= 15 is 0 Å². The van der Waals surface area contributed by atoms with Crippen LogP contribution in [0.5, 0.6) is 0 Å². The molecule has 0 saturated carbocycles. The summed E-state index contributed by atoms with van der Waals surface area (Å²) in [5, 5.41) is 3.59. The summed E-state index contributed by atoms with van der Waals surface area (Å²) in [7, 11) is 1.73. The molecule has 0 spiro atoms. The van der Waals surface area contributed by atoms with Gasteiger partial charge in [-0.15, -0.1) is 0 Å². The van der Waals surface area contributed by atoms with E-state index in [2.05, 4.69) is 53.3 Å². The molecule has 1 atom stereocenters. The maximum Gasteiger partial charge on any atom is 0.0744 e. The molecular formula is C15H24BrNO. The Morgan fingerprint density at radius 3 is 2.78 bits per heavy atom. The predicted octanol–water partition coefficient (Wildman–Crippen LogP) is 4.98. The van der Waals surface area contributed by atoms with Crippen LogP contribution >= 0.6 is 15.9 Å². The van der Waals surface area contributed by atoms with E-state index < -0.39 is 0 Å². The minimum atomic E-state index is 0.501. The number of unbranched alkanes of at least 4 members (excludes halogenated alkanes) is 2. The summed E-state index contributed by atoms with van der Waals surface area (Å²) in [5.41, 5.74) is 2.37. The molecule has 0 aromatic heterocycles. The molecule has 18 heavy (non-hydrogen) atoms. The predicted molar refractivity (Wildman–Crippen MR) is 82.1 cm³/mol. The fourth-order valence-electron chi connectivity index (χ4n) is 2.02. The zero-order valence-electron chi connectivity index (χ0n) is 11.6. The number of nitrogens with one attached hydrogen (secondary N) is 1. The Kier molecular flexibility index (Phi) is 7.36. The molecule has 0 aliphatic heterocycles. The van der Waals surface area contributed by atoms with Crippen molar-refractivity contribution < 1.29 is 4.74 Å². The van der Waals surface area contributed by atoms with Gasteiger partial charge in [0.2, 0.25) is 0 Å². The van der Waals surface area contributed by atoms with Crippen molar-refractivity contribution in [1.29, 1.82) is 0 Å². The van der Waals surface area contributed by atoms with Gasteiger partial charge in [0.15, 0.2) is 0 Å². The van der Waals surface area contributed by atoms with Crippen LogP contribution in [0.2, 0.25) is 0 Å². The molecule has 0 heterocycles. The maximum absolute atomic E-state index is 5.26. The molecule has 0 radical (unpaired) electrons. The molecule has 0 fully saturated rings. The van der Waals surface area contributed by atoms with Gasteiger partial charge in [-0.1, -0.05) is 48.2 Å². The summed E-state index contributed by atoms with van der Waals surface area (Å²) in [6, 6.07) is 6.74. The highest BCUT2D eigenvalue weighted by atomic mass is 79.9. The number of halogens is 1. The highest BCUT2D eigenvalue weighted by Crippen LogP contribution is 2.26. The van der Waals surface area contributed by atoms with Crippen molar-refractivity contribution in [2.45, 2.75) is 52.2 Å². The van der Waals surface area contributed by atoms with Gasteiger partial charge in [-0.3, -0.25) is 0 Å². The van der Waals surface area contributed by atoms with Crippen molar-refractivity contribution in [3.05, 3.63) is 28.2 Å². The van der Waals surface area contributed by atoms with Crippen LogP contribution in [0.4, 0.5) is 5.69 Å². The third kappa shape index (κ3) is 4.99. The number of hydrogen-bond donors (Lipinski definition) is 1. The van der Waals surface area contributed by atoms with Crippen LogP contribution in [0.3, 0.4) is 0 Å². The SMILES string of the molecule is CCCCCC(C)Nc1cccc(Br)c1COC. The molecule has 1 unspecified atom stereocenters. The average molecular weight is 314 g/mol. The molecule has 0 aliphatic rings. The zero-order chi connectivity index (χ0) is 13.4. The fourth-order valence-corrected chi connectivity index (χ4v) is 2.50. The molecule has 102 valence electrons. The van der Waals surface area contributed by atoms with Crippen molar-refractivity contribution in [2.24, 2.45) is 0 Å². The van der Waals surface area contributed by atoms with Gasteiger partial charge in [-0.05, 0) is 25.5 Å². The number of anilines is 1. The van der Waals surface area contributed by atoms with Crippen LogP contribution in [-0.4, -0.2) is 13.2 Å². The van der Waals surface area contributed by atoms with Gasteiger partial charge in [-0.2, -0.15) is 0 Å². The second kappa shape index (κ2) is 8.54. The first-order valence-electron chi connectivity index (χ1n) is 6.71. The second-order valence-electron chi connectivity index (χ2n) is 4.74. The van der Waals surface area contributed by atoms with E-state index in [1.165, 1.54) is 36.9 Å². The topological polar surface area (TPSA) is 21.3 Å². The number of hydrogen-bond acceptors (Lipinski definition) is 2. The summed E-state index contributed by atoms with van der Waals surface area (Å²) >= 11 is 3.58. The van der Waals surface area contributed by atoms with Gasteiger partial charge >= 0.3 is 0 Å². The van der Waals surface area contributed by atoms with Gasteiger partial charge in [-0.25, -0.2) is 0 Å². The second-order valence-corrected chi connectivity index (χ2v) is 5.59. The minimum Gasteiger partial charge on any atom is -0.382 e. The molecule has 1 aromatic carbocycles. The van der Waals surface area contributed by atoms with Crippen molar-refractivity contribution >= 4 is 21.6 Å². The molecule has 0 saturated heterocycles. The molecular weight excluding hydrogens is 290 g/mol. The zero-order valence-corrected chi connectivity index (χ0v) is 13.2. The smallest absolute Gasteiger partial charge is 0.0744 e. The third-order valence-electron chi connectivity index (χ3n) is 3.05. The normalized spacial score (nSPS) is 12.4. The largest absolute Gasteiger partial charge is 0.382 e. The summed E-state index contributed by atoms with van der Waals surface area (Å²) < 4.78 is 6.37. The molecule has 1 N–H and O–H groups in total. The lowest BCUT2D eigenvalue weighted by Crippen LogP contribution is -2.16. The lowest BCUT2D eigenvalue weighted by atomic mass is 10.1. The quantitative estimate of drug-likeness (QED) is 0.684. The highest BCUT2D eigenvalue weighted by molar-refractivity contribution is 9.10. The lowest BCUT2D eigenvalue weighted by molar-refractivity contribution is 0.185. The van der Waals surface area contributed by atoms with Crippen LogP contribution in [0.1, 0.15) is 45.1 Å². The van der Waals surface area contributed by atoms with E-state index in [9.17, 15) is 0 Å². The van der Waals surface area contributed by atoms with Gasteiger partial charge < -0.3 is 10.1 Å². The Hall–Kier alpha value is -0.540. The third-order valence-corrected chi connectivity index (χ3v) is 3.79. The van der Waals surface area contributed by atoms with Gasteiger partial charge in [0.05, 0.1) is 6.61 Å². The Bertz CT molecular complexity index is 354. The van der Waals surface area contributed by atoms with Crippen molar-refractivity contribution in [3.8, 4) is 0 Å². The van der Waals surface area contributed by atoms with E-state index in [1.807, 2.05) is 0 Å². The first-order chi connectivity index (χ1) is 8.69. The molecule has 3 heteroatoms. The molecule has 2 nitrogen and oxygen atoms in total. The van der Waals surface area contributed by atoms with Crippen molar-refractivity contribution in [3.63, 3.8) is 0 Å². The van der Waals surface area contributed by atoms with Gasteiger partial charge in [0.25, 0.3) is 0 Å². The minimum absolute atomic E-state index is 0.501. The Morgan fingerprint density at radius 1 is 1.33 bits per heavy atom. The van der Waals surface area contributed by atoms with E-state index in [1.54, 1.807) is 7.11 Å². The van der Waals surface area contributed by atoms with Crippen LogP contribution in [-0.2, 0) is 11.3 Å². The number of ether oxygens (including phenoxy) is 1. The Morgan fingerprint density at radius 2 is 2.11 bits per heavy atom. The summed E-state index contributed by atoms with van der Waals surface area (Å²) in [6.07, 6.45) is 5.10. The van der Waals surface area contributed by atoms with Crippen molar-refractivity contribution in [2.75, 3.05) is 12.4 Å². The first-order valence-corrected chi connectivity index (χ1v) is 7.51.